The van der Waals surface area contributed by atoms with Crippen molar-refractivity contribution in [3.8, 4) is 6.07 Å². The average molecular weight is 450 g/mol. The molecule has 0 aliphatic heterocycles. The Morgan fingerprint density at radius 1 is 0.935 bits per heavy atom. The molecule has 1 heterocycles. The van der Waals surface area contributed by atoms with Crippen molar-refractivity contribution in [3.63, 3.8) is 0 Å². The maximum atomic E-state index is 13.3. The highest BCUT2D eigenvalue weighted by atomic mass is 32.2. The van der Waals surface area contributed by atoms with Crippen molar-refractivity contribution in [2.45, 2.75) is 27.0 Å². The van der Waals surface area contributed by atoms with Crippen LogP contribution in [0, 0.1) is 24.1 Å². The van der Waals surface area contributed by atoms with E-state index < -0.39 is 15.1 Å². The van der Waals surface area contributed by atoms with Gasteiger partial charge in [0, 0.05) is 4.90 Å². The Hall–Kier alpha value is -3.28. The molecule has 1 atom stereocenters. The van der Waals surface area contributed by atoms with E-state index in [1.807, 2.05) is 13.0 Å². The molecular formula is C23H16FN3O2S2. The number of aromatic nitrogens is 2. The molecule has 0 radical (unpaired) electrons. The van der Waals surface area contributed by atoms with Gasteiger partial charge < -0.3 is 0 Å². The normalized spacial score (nSPS) is 12.4. The van der Waals surface area contributed by atoms with Crippen molar-refractivity contribution in [1.82, 2.24) is 9.97 Å². The summed E-state index contributed by atoms with van der Waals surface area (Å²) in [5, 5.41) is 8.61. The number of sulfone groups is 1. The van der Waals surface area contributed by atoms with Gasteiger partial charge in [-0.15, -0.1) is 0 Å². The molecule has 4 aromatic rings. The van der Waals surface area contributed by atoms with Crippen molar-refractivity contribution in [3.05, 3.63) is 89.9 Å². The number of nitriles is 1. The lowest BCUT2D eigenvalue weighted by molar-refractivity contribution is 0.589. The van der Waals surface area contributed by atoms with E-state index in [1.165, 1.54) is 24.3 Å². The SMILES string of the molecule is Cc1ccc(S(=O)(=O)[C@H](C#N)c2nc3ccccc3nc2Sc2ccc(F)cc2)cc1. The summed E-state index contributed by atoms with van der Waals surface area (Å²) in [6, 6.07) is 21.0. The summed E-state index contributed by atoms with van der Waals surface area (Å²) in [6.07, 6.45) is 0. The minimum Gasteiger partial charge on any atom is -0.246 e. The van der Waals surface area contributed by atoms with Gasteiger partial charge in [0.25, 0.3) is 0 Å². The second kappa shape index (κ2) is 8.46. The lowest BCUT2D eigenvalue weighted by Crippen LogP contribution is -2.15. The Labute approximate surface area is 183 Å². The molecule has 1 aromatic heterocycles. The fourth-order valence-electron chi connectivity index (χ4n) is 3.00. The summed E-state index contributed by atoms with van der Waals surface area (Å²) < 4.78 is 39.9. The molecular weight excluding hydrogens is 433 g/mol. The van der Waals surface area contributed by atoms with E-state index in [0.717, 1.165) is 17.3 Å². The number of benzene rings is 3. The van der Waals surface area contributed by atoms with E-state index >= 15 is 0 Å². The minimum atomic E-state index is -4.05. The number of aryl methyl sites for hydroxylation is 1. The zero-order valence-electron chi connectivity index (χ0n) is 16.4. The van der Waals surface area contributed by atoms with Crippen molar-refractivity contribution < 1.29 is 12.8 Å². The largest absolute Gasteiger partial charge is 0.246 e. The number of para-hydroxylation sites is 2. The van der Waals surface area contributed by atoms with E-state index in [1.54, 1.807) is 48.5 Å². The Morgan fingerprint density at radius 2 is 1.55 bits per heavy atom. The van der Waals surface area contributed by atoms with Gasteiger partial charge in [0.05, 0.1) is 22.0 Å². The third-order valence-corrected chi connectivity index (χ3v) is 7.50. The predicted octanol–water partition coefficient (Wildman–Crippen LogP) is 5.27. The van der Waals surface area contributed by atoms with Crippen LogP contribution in [0.25, 0.3) is 11.0 Å². The van der Waals surface area contributed by atoms with Crippen LogP contribution in [0.15, 0.2) is 87.6 Å². The zero-order chi connectivity index (χ0) is 22.0. The van der Waals surface area contributed by atoms with E-state index in [2.05, 4.69) is 9.97 Å². The summed E-state index contributed by atoms with van der Waals surface area (Å²) in [5.74, 6) is -0.383. The monoisotopic (exact) mass is 449 g/mol. The predicted molar refractivity (Wildman–Crippen MR) is 117 cm³/mol. The van der Waals surface area contributed by atoms with Crippen molar-refractivity contribution >= 4 is 32.6 Å². The van der Waals surface area contributed by atoms with Gasteiger partial charge in [-0.05, 0) is 55.5 Å². The van der Waals surface area contributed by atoms with Gasteiger partial charge in [0.15, 0.2) is 15.1 Å². The molecule has 0 aliphatic carbocycles. The van der Waals surface area contributed by atoms with Crippen LogP contribution in [0.5, 0.6) is 0 Å². The molecule has 0 saturated heterocycles. The van der Waals surface area contributed by atoms with Crippen molar-refractivity contribution in [1.29, 1.82) is 5.26 Å². The molecule has 31 heavy (non-hydrogen) atoms. The standard InChI is InChI=1S/C23H16FN3O2S2/c1-15-6-12-18(13-7-15)31(28,29)21(14-25)22-23(30-17-10-8-16(24)9-11-17)27-20-5-3-2-4-19(20)26-22/h2-13,21H,1H3/t21-/m1/s1. The Morgan fingerprint density at radius 3 is 2.16 bits per heavy atom. The van der Waals surface area contributed by atoms with Gasteiger partial charge in [0.2, 0.25) is 0 Å². The maximum Gasteiger partial charge on any atom is 0.200 e. The van der Waals surface area contributed by atoms with E-state index in [9.17, 15) is 18.1 Å². The minimum absolute atomic E-state index is 0.0392. The lowest BCUT2D eigenvalue weighted by Gasteiger charge is -2.15. The summed E-state index contributed by atoms with van der Waals surface area (Å²) >= 11 is 1.14. The lowest BCUT2D eigenvalue weighted by atomic mass is 10.2. The average Bonchev–Trinajstić information content (AvgIpc) is 2.76. The molecule has 0 bridgehead atoms. The fourth-order valence-corrected chi connectivity index (χ4v) is 5.37. The number of rotatable bonds is 5. The highest BCUT2D eigenvalue weighted by molar-refractivity contribution is 7.99. The number of fused-ring (bicyclic) bond motifs is 1. The second-order valence-electron chi connectivity index (χ2n) is 6.83. The van der Waals surface area contributed by atoms with Gasteiger partial charge in [-0.2, -0.15) is 5.26 Å². The van der Waals surface area contributed by atoms with Gasteiger partial charge in [0.1, 0.15) is 16.5 Å². The Kier molecular flexibility index (Phi) is 5.72. The third kappa shape index (κ3) is 4.29. The smallest absolute Gasteiger partial charge is 0.200 e. The molecule has 4 rings (SSSR count). The summed E-state index contributed by atoms with van der Waals surface area (Å²) in [4.78, 5) is 9.77. The molecule has 3 aromatic carbocycles. The van der Waals surface area contributed by atoms with Gasteiger partial charge >= 0.3 is 0 Å². The molecule has 0 unspecified atom stereocenters. The summed E-state index contributed by atoms with van der Waals surface area (Å²) in [5.41, 5.74) is 2.02. The van der Waals surface area contributed by atoms with Crippen LogP contribution in [0.2, 0.25) is 0 Å². The molecule has 5 nitrogen and oxygen atoms in total. The van der Waals surface area contributed by atoms with E-state index in [0.29, 0.717) is 15.9 Å². The molecule has 0 saturated carbocycles. The molecule has 0 spiro atoms. The first-order chi connectivity index (χ1) is 14.9. The zero-order valence-corrected chi connectivity index (χ0v) is 18.0. The third-order valence-electron chi connectivity index (χ3n) is 4.62. The number of nitrogens with zero attached hydrogens (tertiary/aromatic N) is 3. The van der Waals surface area contributed by atoms with Crippen LogP contribution in [-0.2, 0) is 9.84 Å². The molecule has 0 amide bonds. The first-order valence-corrected chi connectivity index (χ1v) is 11.6. The molecule has 8 heteroatoms. The number of halogens is 1. The molecule has 0 N–H and O–H groups in total. The Balaban J connectivity index is 1.88. The Bertz CT molecular complexity index is 1400. The number of hydrogen-bond acceptors (Lipinski definition) is 6. The van der Waals surface area contributed by atoms with Gasteiger partial charge in [-0.3, -0.25) is 0 Å². The van der Waals surface area contributed by atoms with E-state index in [4.69, 9.17) is 0 Å². The number of hydrogen-bond donors (Lipinski definition) is 0. The fraction of sp³-hybridized carbons (Fsp3) is 0.0870. The van der Waals surface area contributed by atoms with Crippen molar-refractivity contribution in [2.75, 3.05) is 0 Å². The topological polar surface area (TPSA) is 83.7 Å². The van der Waals surface area contributed by atoms with Crippen LogP contribution in [0.1, 0.15) is 16.5 Å². The summed E-state index contributed by atoms with van der Waals surface area (Å²) in [6.45, 7) is 1.85. The first-order valence-electron chi connectivity index (χ1n) is 9.29. The van der Waals surface area contributed by atoms with Crippen LogP contribution in [-0.4, -0.2) is 18.4 Å². The molecule has 0 aliphatic rings. The molecule has 154 valence electrons. The van der Waals surface area contributed by atoms with Crippen LogP contribution in [0.3, 0.4) is 0 Å². The molecule has 0 fully saturated rings. The maximum absolute atomic E-state index is 13.3. The highest BCUT2D eigenvalue weighted by Crippen LogP contribution is 2.37. The van der Waals surface area contributed by atoms with Crippen LogP contribution in [0.4, 0.5) is 4.39 Å². The van der Waals surface area contributed by atoms with Gasteiger partial charge in [-0.25, -0.2) is 22.8 Å². The van der Waals surface area contributed by atoms with Crippen LogP contribution < -0.4 is 0 Å². The van der Waals surface area contributed by atoms with Crippen molar-refractivity contribution in [2.24, 2.45) is 0 Å². The van der Waals surface area contributed by atoms with Gasteiger partial charge in [-0.1, -0.05) is 41.6 Å². The highest BCUT2D eigenvalue weighted by Gasteiger charge is 2.33. The second-order valence-corrected chi connectivity index (χ2v) is 9.92. The first kappa shape index (κ1) is 21.0. The van der Waals surface area contributed by atoms with E-state index in [-0.39, 0.29) is 21.4 Å². The quantitative estimate of drug-likeness (QED) is 0.413. The van der Waals surface area contributed by atoms with Crippen LogP contribution >= 0.6 is 11.8 Å². The summed E-state index contributed by atoms with van der Waals surface area (Å²) in [7, 11) is -4.05.